The standard InChI is InChI=1S/C13H11ClN4/c14-12-8-11(18-13(17-12)5-7-16-18)4-3-10-2-1-6-15-9-10/h1-2,5-9H,3-4H2. The van der Waals surface area contributed by atoms with Gasteiger partial charge in [-0.2, -0.15) is 5.10 Å². The summed E-state index contributed by atoms with van der Waals surface area (Å²) in [6.45, 7) is 0. The Morgan fingerprint density at radius 2 is 2.11 bits per heavy atom. The second-order valence-electron chi connectivity index (χ2n) is 4.03. The van der Waals surface area contributed by atoms with Crippen LogP contribution in [0.1, 0.15) is 11.3 Å². The molecule has 0 aliphatic rings. The van der Waals surface area contributed by atoms with E-state index in [-0.39, 0.29) is 0 Å². The fourth-order valence-electron chi connectivity index (χ4n) is 1.94. The van der Waals surface area contributed by atoms with E-state index in [0.29, 0.717) is 5.15 Å². The van der Waals surface area contributed by atoms with Gasteiger partial charge >= 0.3 is 0 Å². The highest BCUT2D eigenvalue weighted by molar-refractivity contribution is 6.29. The summed E-state index contributed by atoms with van der Waals surface area (Å²) in [4.78, 5) is 8.31. The van der Waals surface area contributed by atoms with Crippen LogP contribution in [0.4, 0.5) is 0 Å². The zero-order valence-corrected chi connectivity index (χ0v) is 10.4. The molecule has 90 valence electrons. The topological polar surface area (TPSA) is 43.1 Å². The molecule has 0 aliphatic carbocycles. The van der Waals surface area contributed by atoms with Crippen molar-refractivity contribution in [2.24, 2.45) is 0 Å². The summed E-state index contributed by atoms with van der Waals surface area (Å²) in [5, 5.41) is 4.76. The minimum atomic E-state index is 0.504. The maximum atomic E-state index is 6.00. The first-order valence-corrected chi connectivity index (χ1v) is 6.09. The van der Waals surface area contributed by atoms with Crippen molar-refractivity contribution in [3.63, 3.8) is 0 Å². The van der Waals surface area contributed by atoms with Gasteiger partial charge in [0.15, 0.2) is 5.65 Å². The first kappa shape index (κ1) is 11.2. The van der Waals surface area contributed by atoms with Crippen molar-refractivity contribution in [3.05, 3.63) is 59.3 Å². The summed E-state index contributed by atoms with van der Waals surface area (Å²) in [5.74, 6) is 0. The highest BCUT2D eigenvalue weighted by Gasteiger charge is 2.05. The van der Waals surface area contributed by atoms with E-state index in [0.717, 1.165) is 24.2 Å². The number of fused-ring (bicyclic) bond motifs is 1. The van der Waals surface area contributed by atoms with Gasteiger partial charge in [0.2, 0.25) is 0 Å². The lowest BCUT2D eigenvalue weighted by Gasteiger charge is -2.05. The number of rotatable bonds is 3. The average Bonchev–Trinajstić information content (AvgIpc) is 2.85. The van der Waals surface area contributed by atoms with E-state index in [1.807, 2.05) is 28.9 Å². The van der Waals surface area contributed by atoms with Crippen molar-refractivity contribution in [2.45, 2.75) is 12.8 Å². The molecular weight excluding hydrogens is 248 g/mol. The lowest BCUT2D eigenvalue weighted by molar-refractivity contribution is 0.809. The van der Waals surface area contributed by atoms with Crippen LogP contribution in [0.2, 0.25) is 5.15 Å². The van der Waals surface area contributed by atoms with Crippen LogP contribution in [0.15, 0.2) is 42.9 Å². The summed E-state index contributed by atoms with van der Waals surface area (Å²) in [5.41, 5.74) is 3.04. The predicted octanol–water partition coefficient (Wildman–Crippen LogP) is 2.56. The molecule has 3 rings (SSSR count). The van der Waals surface area contributed by atoms with Gasteiger partial charge in [0.1, 0.15) is 5.15 Å². The third kappa shape index (κ3) is 2.19. The maximum Gasteiger partial charge on any atom is 0.156 e. The number of halogens is 1. The molecule has 0 aromatic carbocycles. The third-order valence-corrected chi connectivity index (χ3v) is 2.99. The van der Waals surface area contributed by atoms with Crippen LogP contribution in [0.3, 0.4) is 0 Å². The molecule has 0 saturated heterocycles. The Kier molecular flexibility index (Phi) is 2.94. The summed E-state index contributed by atoms with van der Waals surface area (Å²) in [7, 11) is 0. The van der Waals surface area contributed by atoms with Gasteiger partial charge in [0, 0.05) is 24.2 Å². The molecule has 3 heterocycles. The van der Waals surface area contributed by atoms with E-state index < -0.39 is 0 Å². The van der Waals surface area contributed by atoms with Gasteiger partial charge < -0.3 is 0 Å². The predicted molar refractivity (Wildman–Crippen MR) is 69.6 cm³/mol. The van der Waals surface area contributed by atoms with Gasteiger partial charge in [0.05, 0.1) is 6.20 Å². The Morgan fingerprint density at radius 1 is 1.17 bits per heavy atom. The molecule has 4 nitrogen and oxygen atoms in total. The van der Waals surface area contributed by atoms with Crippen molar-refractivity contribution in [2.75, 3.05) is 0 Å². The number of aromatic nitrogens is 4. The van der Waals surface area contributed by atoms with Gasteiger partial charge in [-0.05, 0) is 30.5 Å². The monoisotopic (exact) mass is 258 g/mol. The van der Waals surface area contributed by atoms with Crippen LogP contribution in [0, 0.1) is 0 Å². The molecule has 18 heavy (non-hydrogen) atoms. The van der Waals surface area contributed by atoms with Gasteiger partial charge in [-0.15, -0.1) is 0 Å². The Labute approximate surface area is 109 Å². The Balaban J connectivity index is 1.88. The number of pyridine rings is 1. The van der Waals surface area contributed by atoms with Crippen LogP contribution in [0.5, 0.6) is 0 Å². The quantitative estimate of drug-likeness (QED) is 0.678. The van der Waals surface area contributed by atoms with E-state index in [1.54, 1.807) is 12.4 Å². The van der Waals surface area contributed by atoms with Gasteiger partial charge in [-0.3, -0.25) is 4.98 Å². The van der Waals surface area contributed by atoms with Crippen LogP contribution < -0.4 is 0 Å². The molecule has 0 amide bonds. The molecule has 0 fully saturated rings. The van der Waals surface area contributed by atoms with Crippen LogP contribution >= 0.6 is 11.6 Å². The van der Waals surface area contributed by atoms with Gasteiger partial charge in [0.25, 0.3) is 0 Å². The number of hydrogen-bond donors (Lipinski definition) is 0. The minimum absolute atomic E-state index is 0.504. The summed E-state index contributed by atoms with van der Waals surface area (Å²) < 4.78 is 1.82. The van der Waals surface area contributed by atoms with Crippen molar-refractivity contribution >= 4 is 17.2 Å². The van der Waals surface area contributed by atoms with E-state index in [2.05, 4.69) is 21.1 Å². The first-order valence-electron chi connectivity index (χ1n) is 5.71. The van der Waals surface area contributed by atoms with Crippen LogP contribution in [0.25, 0.3) is 5.65 Å². The minimum Gasteiger partial charge on any atom is -0.264 e. The smallest absolute Gasteiger partial charge is 0.156 e. The Hall–Kier alpha value is -1.94. The number of aryl methyl sites for hydroxylation is 2. The summed E-state index contributed by atoms with van der Waals surface area (Å²) in [6.07, 6.45) is 7.14. The molecule has 3 aromatic heterocycles. The van der Waals surface area contributed by atoms with Crippen molar-refractivity contribution in [1.29, 1.82) is 0 Å². The fraction of sp³-hybridized carbons (Fsp3) is 0.154. The third-order valence-electron chi connectivity index (χ3n) is 2.79. The lowest BCUT2D eigenvalue weighted by atomic mass is 10.1. The Morgan fingerprint density at radius 3 is 2.94 bits per heavy atom. The zero-order chi connectivity index (χ0) is 12.4. The second-order valence-corrected chi connectivity index (χ2v) is 4.42. The Bertz CT molecular complexity index is 663. The molecule has 0 spiro atoms. The molecule has 0 N–H and O–H groups in total. The SMILES string of the molecule is Clc1cc(CCc2cccnc2)n2nccc2n1. The molecular formula is C13H11ClN4. The number of nitrogens with zero attached hydrogens (tertiary/aromatic N) is 4. The van der Waals surface area contributed by atoms with Crippen molar-refractivity contribution < 1.29 is 0 Å². The highest BCUT2D eigenvalue weighted by Crippen LogP contribution is 2.13. The van der Waals surface area contributed by atoms with E-state index in [9.17, 15) is 0 Å². The maximum absolute atomic E-state index is 6.00. The number of hydrogen-bond acceptors (Lipinski definition) is 3. The van der Waals surface area contributed by atoms with Gasteiger partial charge in [-0.1, -0.05) is 17.7 Å². The molecule has 0 unspecified atom stereocenters. The van der Waals surface area contributed by atoms with E-state index in [4.69, 9.17) is 11.6 Å². The molecule has 3 aromatic rings. The summed E-state index contributed by atoms with van der Waals surface area (Å²) in [6, 6.07) is 7.71. The molecule has 0 atom stereocenters. The normalized spacial score (nSPS) is 10.9. The first-order chi connectivity index (χ1) is 8.83. The molecule has 0 radical (unpaired) electrons. The molecule has 0 aliphatic heterocycles. The largest absolute Gasteiger partial charge is 0.264 e. The fourth-order valence-corrected chi connectivity index (χ4v) is 2.15. The van der Waals surface area contributed by atoms with Crippen molar-refractivity contribution in [3.8, 4) is 0 Å². The average molecular weight is 259 g/mol. The molecule has 0 bridgehead atoms. The van der Waals surface area contributed by atoms with Crippen LogP contribution in [-0.2, 0) is 12.8 Å². The summed E-state index contributed by atoms with van der Waals surface area (Å²) >= 11 is 6.00. The molecule has 5 heteroatoms. The van der Waals surface area contributed by atoms with Crippen molar-refractivity contribution in [1.82, 2.24) is 19.6 Å². The van der Waals surface area contributed by atoms with E-state index in [1.165, 1.54) is 5.56 Å². The van der Waals surface area contributed by atoms with Crippen LogP contribution in [-0.4, -0.2) is 19.6 Å². The lowest BCUT2D eigenvalue weighted by Crippen LogP contribution is -2.02. The second kappa shape index (κ2) is 4.74. The highest BCUT2D eigenvalue weighted by atomic mass is 35.5. The zero-order valence-electron chi connectivity index (χ0n) is 9.62. The van der Waals surface area contributed by atoms with E-state index >= 15 is 0 Å². The molecule has 0 saturated carbocycles. The van der Waals surface area contributed by atoms with Gasteiger partial charge in [-0.25, -0.2) is 9.50 Å².